The van der Waals surface area contributed by atoms with Crippen molar-refractivity contribution < 1.29 is 0 Å². The molecule has 18 rings (SSSR count). The molecule has 4 heteroatoms. The Morgan fingerprint density at radius 3 is 0.914 bits per heavy atom. The van der Waals surface area contributed by atoms with Gasteiger partial charge in [0.1, 0.15) is 0 Å². The molecule has 0 saturated heterocycles. The van der Waals surface area contributed by atoms with Crippen molar-refractivity contribution in [3.63, 3.8) is 0 Å². The van der Waals surface area contributed by atoms with E-state index in [1.54, 1.807) is 0 Å². The van der Waals surface area contributed by atoms with Crippen LogP contribution >= 0.6 is 11.3 Å². The molecule has 105 heavy (non-hydrogen) atoms. The van der Waals surface area contributed by atoms with Crippen LogP contribution in [-0.2, 0) is 0 Å². The van der Waals surface area contributed by atoms with Gasteiger partial charge in [-0.25, -0.2) is 9.97 Å². The first-order chi connectivity index (χ1) is 51.9. The van der Waals surface area contributed by atoms with E-state index in [0.29, 0.717) is 5.56 Å². The van der Waals surface area contributed by atoms with Gasteiger partial charge in [-0.1, -0.05) is 352 Å². The van der Waals surface area contributed by atoms with Crippen molar-refractivity contribution in [2.24, 2.45) is 0 Å². The lowest BCUT2D eigenvalue weighted by molar-refractivity contribution is 1.18. The van der Waals surface area contributed by atoms with Crippen molar-refractivity contribution >= 4 is 31.5 Å². The first-order valence-corrected chi connectivity index (χ1v) is 36.3. The normalized spacial score (nSPS) is 11.0. The Labute approximate surface area is 616 Å². The fourth-order valence-corrected chi connectivity index (χ4v) is 15.3. The maximum atomic E-state index is 9.97. The van der Waals surface area contributed by atoms with E-state index in [-0.39, 0.29) is 0 Å². The molecule has 0 fully saturated rings. The lowest BCUT2D eigenvalue weighted by atomic mass is 9.93. The molecule has 0 amide bonds. The zero-order valence-corrected chi connectivity index (χ0v) is 58.2. The van der Waals surface area contributed by atoms with Gasteiger partial charge in [0.05, 0.1) is 23.0 Å². The molecule has 3 nitrogen and oxygen atoms in total. The zero-order valence-electron chi connectivity index (χ0n) is 57.4. The summed E-state index contributed by atoms with van der Waals surface area (Å²) in [5, 5.41) is 12.6. The molecule has 0 atom stereocenters. The van der Waals surface area contributed by atoms with Gasteiger partial charge in [-0.15, -0.1) is 11.3 Å². The van der Waals surface area contributed by atoms with Crippen LogP contribution in [0.25, 0.3) is 176 Å². The second kappa shape index (κ2) is 29.5. The van der Waals surface area contributed by atoms with E-state index in [0.717, 1.165) is 84.0 Å². The third kappa shape index (κ3) is 14.1. The Hall–Kier alpha value is -13.7. The Balaban J connectivity index is 0.000000156. The van der Waals surface area contributed by atoms with Crippen LogP contribution < -0.4 is 0 Å². The third-order valence-electron chi connectivity index (χ3n) is 19.7. The molecule has 0 saturated carbocycles. The van der Waals surface area contributed by atoms with E-state index in [1.165, 1.54) is 92.5 Å². The summed E-state index contributed by atoms with van der Waals surface area (Å²) in [7, 11) is 0. The summed E-state index contributed by atoms with van der Waals surface area (Å²) < 4.78 is 2.67. The molecule has 2 heterocycles. The second-order valence-corrected chi connectivity index (χ2v) is 27.4. The zero-order chi connectivity index (χ0) is 70.3. The standard InChI is InChI=1S/C52H34N2S.C49H33N/c1-3-12-39(13-4-1)48-34-49(54-52(53-48)40-14-5-2-6-15-40)44-19-10-17-42(33-44)38-30-26-36(27-31-38)35-24-28-37(29-25-35)41-16-9-18-43(32-41)45-21-11-22-47-46-20-7-8-23-50(46)55-51(45)47;50-34-35-29-48(33-49(30-35)47-16-8-15-46(32-47)41-23-19-39(20-24-41)37-11-5-2-6-12-37)43-27-25-42(26-28-43)45-14-7-13-44(31-45)40-21-17-38(18-22-40)36-9-3-1-4-10-36/h1-34H;1-33H. The summed E-state index contributed by atoms with van der Waals surface area (Å²) in [4.78, 5) is 10.0. The van der Waals surface area contributed by atoms with Crippen molar-refractivity contribution in [3.8, 4) is 162 Å². The van der Waals surface area contributed by atoms with Crippen LogP contribution in [0.1, 0.15) is 5.56 Å². The number of thiophene rings is 1. The average Bonchev–Trinajstić information content (AvgIpc) is 1.62. The van der Waals surface area contributed by atoms with Gasteiger partial charge in [-0.3, -0.25) is 0 Å². The molecule has 0 unspecified atom stereocenters. The van der Waals surface area contributed by atoms with Crippen molar-refractivity contribution in [2.45, 2.75) is 0 Å². The molecule has 18 aromatic rings. The van der Waals surface area contributed by atoms with Gasteiger partial charge in [0.15, 0.2) is 5.82 Å². The Morgan fingerprint density at radius 2 is 0.476 bits per heavy atom. The number of nitrogens with zero attached hydrogens (tertiary/aromatic N) is 3. The maximum absolute atomic E-state index is 9.97. The SMILES string of the molecule is N#Cc1cc(-c2ccc(-c3cccc(-c4ccc(-c5ccccc5)cc4)c3)cc2)cc(-c2cccc(-c3ccc(-c4ccccc4)cc3)c2)c1.c1ccc(-c2cc(-c3cccc(-c4ccc(-c5ccc(-c6cccc(-c7cccc8c7sc7ccccc78)c6)cc5)cc4)c3)nc(-c3ccccc3)n2)cc1. The molecule has 0 spiro atoms. The van der Waals surface area contributed by atoms with Gasteiger partial charge >= 0.3 is 0 Å². The van der Waals surface area contributed by atoms with E-state index >= 15 is 0 Å². The van der Waals surface area contributed by atoms with Crippen LogP contribution in [0.2, 0.25) is 0 Å². The fourth-order valence-electron chi connectivity index (χ4n) is 14.1. The lowest BCUT2D eigenvalue weighted by Gasteiger charge is -2.11. The summed E-state index contributed by atoms with van der Waals surface area (Å²) in [5.41, 5.74) is 31.2. The topological polar surface area (TPSA) is 49.6 Å². The molecular formula is C101H67N3S. The Bertz CT molecular complexity index is 6090. The number of benzene rings is 16. The number of hydrogen-bond donors (Lipinski definition) is 0. The quantitative estimate of drug-likeness (QED) is 0.109. The number of nitriles is 1. The van der Waals surface area contributed by atoms with E-state index in [9.17, 15) is 5.26 Å². The minimum atomic E-state index is 0.644. The van der Waals surface area contributed by atoms with Crippen LogP contribution in [0.4, 0.5) is 0 Å². The lowest BCUT2D eigenvalue weighted by Crippen LogP contribution is -1.96. The minimum Gasteiger partial charge on any atom is -0.228 e. The molecule has 0 aliphatic heterocycles. The first kappa shape index (κ1) is 64.7. The van der Waals surface area contributed by atoms with Gasteiger partial charge in [0.2, 0.25) is 0 Å². The van der Waals surface area contributed by atoms with Crippen LogP contribution in [0.3, 0.4) is 0 Å². The number of hydrogen-bond acceptors (Lipinski definition) is 4. The van der Waals surface area contributed by atoms with Crippen LogP contribution in [-0.4, -0.2) is 9.97 Å². The number of aromatic nitrogens is 2. The molecule has 2 aromatic heterocycles. The van der Waals surface area contributed by atoms with Crippen molar-refractivity contribution in [1.29, 1.82) is 5.26 Å². The minimum absolute atomic E-state index is 0.644. The van der Waals surface area contributed by atoms with Gasteiger partial charge in [-0.05, 0) is 177 Å². The Kier molecular flexibility index (Phi) is 18.2. The second-order valence-electron chi connectivity index (χ2n) is 26.3. The molecule has 492 valence electrons. The van der Waals surface area contributed by atoms with Crippen LogP contribution in [0.5, 0.6) is 0 Å². The van der Waals surface area contributed by atoms with Gasteiger partial charge in [0, 0.05) is 36.9 Å². The Morgan fingerprint density at radius 1 is 0.200 bits per heavy atom. The molecule has 16 aromatic carbocycles. The molecule has 0 N–H and O–H groups in total. The van der Waals surface area contributed by atoms with E-state index in [2.05, 4.69) is 352 Å². The summed E-state index contributed by atoms with van der Waals surface area (Å²) in [6, 6.07) is 146. The highest BCUT2D eigenvalue weighted by Crippen LogP contribution is 2.42. The predicted octanol–water partition coefficient (Wildman–Crippen LogP) is 27.7. The number of rotatable bonds is 14. The molecular weight excluding hydrogens is 1290 g/mol. The van der Waals surface area contributed by atoms with Gasteiger partial charge < -0.3 is 0 Å². The van der Waals surface area contributed by atoms with Gasteiger partial charge in [-0.2, -0.15) is 5.26 Å². The smallest absolute Gasteiger partial charge is 0.160 e. The molecule has 0 bridgehead atoms. The highest BCUT2D eigenvalue weighted by molar-refractivity contribution is 7.26. The summed E-state index contributed by atoms with van der Waals surface area (Å²) >= 11 is 1.88. The highest BCUT2D eigenvalue weighted by atomic mass is 32.1. The average molecular weight is 1350 g/mol. The first-order valence-electron chi connectivity index (χ1n) is 35.4. The summed E-state index contributed by atoms with van der Waals surface area (Å²) in [6.45, 7) is 0. The summed E-state index contributed by atoms with van der Waals surface area (Å²) in [5.74, 6) is 0.718. The van der Waals surface area contributed by atoms with E-state index in [1.807, 2.05) is 72.0 Å². The molecule has 0 aliphatic carbocycles. The summed E-state index contributed by atoms with van der Waals surface area (Å²) in [6.07, 6.45) is 0. The van der Waals surface area contributed by atoms with Crippen molar-refractivity contribution in [2.75, 3.05) is 0 Å². The largest absolute Gasteiger partial charge is 0.228 e. The van der Waals surface area contributed by atoms with Crippen LogP contribution in [0.15, 0.2) is 406 Å². The maximum Gasteiger partial charge on any atom is 0.160 e. The fraction of sp³-hybridized carbons (Fsp3) is 0. The van der Waals surface area contributed by atoms with Gasteiger partial charge in [0.25, 0.3) is 0 Å². The van der Waals surface area contributed by atoms with Crippen molar-refractivity contribution in [3.05, 3.63) is 412 Å². The number of fused-ring (bicyclic) bond motifs is 3. The molecule has 0 aliphatic rings. The third-order valence-corrected chi connectivity index (χ3v) is 20.9. The highest BCUT2D eigenvalue weighted by Gasteiger charge is 2.16. The molecule has 0 radical (unpaired) electrons. The monoisotopic (exact) mass is 1350 g/mol. The van der Waals surface area contributed by atoms with Crippen molar-refractivity contribution in [1.82, 2.24) is 9.97 Å². The predicted molar refractivity (Wildman–Crippen MR) is 442 cm³/mol. The van der Waals surface area contributed by atoms with E-state index in [4.69, 9.17) is 9.97 Å². The van der Waals surface area contributed by atoms with E-state index < -0.39 is 0 Å². The van der Waals surface area contributed by atoms with Crippen LogP contribution in [0, 0.1) is 11.3 Å².